The van der Waals surface area contributed by atoms with Gasteiger partial charge in [-0.2, -0.15) is 0 Å². The van der Waals surface area contributed by atoms with Gasteiger partial charge in [0.25, 0.3) is 0 Å². The lowest BCUT2D eigenvalue weighted by Gasteiger charge is -2.24. The standard InChI is InChI=1S/C21H37ClN/c1-3-4-5-6-7-8-9-10-11-15-19-23(2,22)20-18-21-16-13-12-14-17-21/h12-14,16-17H,3-11,15,18-20H2,1-2H3/q+1. The lowest BCUT2D eigenvalue weighted by molar-refractivity contribution is -0.794. The summed E-state index contributed by atoms with van der Waals surface area (Å²) in [6.07, 6.45) is 14.9. The lowest BCUT2D eigenvalue weighted by Crippen LogP contribution is -2.36. The molecule has 0 saturated carbocycles. The van der Waals surface area contributed by atoms with Gasteiger partial charge in [0.05, 0.1) is 20.1 Å². The summed E-state index contributed by atoms with van der Waals surface area (Å²) in [5, 5.41) is 0. The number of benzene rings is 1. The molecule has 23 heavy (non-hydrogen) atoms. The Morgan fingerprint density at radius 2 is 1.26 bits per heavy atom. The zero-order chi connectivity index (χ0) is 16.8. The van der Waals surface area contributed by atoms with Crippen molar-refractivity contribution >= 4 is 11.8 Å². The minimum Gasteiger partial charge on any atom is -0.224 e. The van der Waals surface area contributed by atoms with E-state index in [9.17, 15) is 0 Å². The number of hydrogen-bond acceptors (Lipinski definition) is 0. The Labute approximate surface area is 149 Å². The molecular weight excluding hydrogens is 302 g/mol. The molecule has 132 valence electrons. The van der Waals surface area contributed by atoms with Gasteiger partial charge in [-0.1, -0.05) is 88.6 Å². The molecule has 0 radical (unpaired) electrons. The lowest BCUT2D eigenvalue weighted by atomic mass is 10.1. The van der Waals surface area contributed by atoms with Crippen LogP contribution in [0.2, 0.25) is 0 Å². The zero-order valence-electron chi connectivity index (χ0n) is 15.4. The molecule has 0 spiro atoms. The molecule has 0 aromatic heterocycles. The summed E-state index contributed by atoms with van der Waals surface area (Å²) in [7, 11) is 2.15. The highest BCUT2D eigenvalue weighted by molar-refractivity contribution is 6.06. The molecule has 0 aliphatic carbocycles. The van der Waals surface area contributed by atoms with Crippen LogP contribution in [0.1, 0.15) is 76.7 Å². The molecule has 0 heterocycles. The van der Waals surface area contributed by atoms with Crippen molar-refractivity contribution in [1.29, 1.82) is 0 Å². The monoisotopic (exact) mass is 338 g/mol. The van der Waals surface area contributed by atoms with Crippen LogP contribution in [0.4, 0.5) is 0 Å². The van der Waals surface area contributed by atoms with Crippen LogP contribution < -0.4 is 0 Å². The van der Waals surface area contributed by atoms with Crippen LogP contribution in [0.15, 0.2) is 30.3 Å². The number of rotatable bonds is 14. The van der Waals surface area contributed by atoms with E-state index in [0.29, 0.717) is 4.00 Å². The zero-order valence-corrected chi connectivity index (χ0v) is 16.2. The highest BCUT2D eigenvalue weighted by Crippen LogP contribution is 2.15. The number of nitrogens with zero attached hydrogens (tertiary/aromatic N) is 1. The molecule has 0 aliphatic heterocycles. The second-order valence-electron chi connectivity index (χ2n) is 7.13. The van der Waals surface area contributed by atoms with E-state index in [-0.39, 0.29) is 0 Å². The first-order chi connectivity index (χ1) is 11.1. The molecule has 1 atom stereocenters. The van der Waals surface area contributed by atoms with Crippen LogP contribution in [0.3, 0.4) is 0 Å². The Morgan fingerprint density at radius 1 is 0.739 bits per heavy atom. The normalized spacial score (nSPS) is 13.9. The van der Waals surface area contributed by atoms with Crippen molar-refractivity contribution in [2.45, 2.75) is 77.6 Å². The van der Waals surface area contributed by atoms with E-state index in [0.717, 1.165) is 19.5 Å². The van der Waals surface area contributed by atoms with Gasteiger partial charge in [0.15, 0.2) is 11.8 Å². The second-order valence-corrected chi connectivity index (χ2v) is 7.95. The largest absolute Gasteiger partial charge is 0.224 e. The molecule has 1 nitrogen and oxygen atoms in total. The Bertz CT molecular complexity index is 375. The molecule has 0 N–H and O–H groups in total. The van der Waals surface area contributed by atoms with Crippen molar-refractivity contribution in [2.75, 3.05) is 20.1 Å². The Morgan fingerprint density at radius 3 is 1.83 bits per heavy atom. The predicted molar refractivity (Wildman–Crippen MR) is 104 cm³/mol. The van der Waals surface area contributed by atoms with Crippen molar-refractivity contribution in [3.63, 3.8) is 0 Å². The Hall–Kier alpha value is -0.530. The molecule has 1 rings (SSSR count). The van der Waals surface area contributed by atoms with Crippen LogP contribution in [-0.2, 0) is 6.42 Å². The van der Waals surface area contributed by atoms with Crippen molar-refractivity contribution in [3.8, 4) is 0 Å². The molecule has 1 unspecified atom stereocenters. The summed E-state index contributed by atoms with van der Waals surface area (Å²) in [5.74, 6) is 0. The first-order valence-electron chi connectivity index (χ1n) is 9.72. The molecular formula is C21H37ClN+. The molecule has 0 amide bonds. The first-order valence-corrected chi connectivity index (χ1v) is 10.1. The SMILES string of the molecule is CCCCCCCCCCCC[N+](C)(Cl)CCc1ccccc1. The summed E-state index contributed by atoms with van der Waals surface area (Å²) in [6.45, 7) is 4.39. The summed E-state index contributed by atoms with van der Waals surface area (Å²) in [4.78, 5) is 0. The summed E-state index contributed by atoms with van der Waals surface area (Å²) >= 11 is 6.63. The van der Waals surface area contributed by atoms with E-state index in [1.807, 2.05) is 0 Å². The Kier molecular flexibility index (Phi) is 11.5. The van der Waals surface area contributed by atoms with Crippen LogP contribution in [0.5, 0.6) is 0 Å². The molecule has 2 heteroatoms. The van der Waals surface area contributed by atoms with E-state index in [4.69, 9.17) is 11.8 Å². The number of quaternary nitrogens is 1. The van der Waals surface area contributed by atoms with Gasteiger partial charge >= 0.3 is 0 Å². The van der Waals surface area contributed by atoms with Crippen LogP contribution in [0, 0.1) is 0 Å². The smallest absolute Gasteiger partial charge is 0.165 e. The fourth-order valence-electron chi connectivity index (χ4n) is 3.05. The topological polar surface area (TPSA) is 0 Å². The van der Waals surface area contributed by atoms with Crippen LogP contribution in [0.25, 0.3) is 0 Å². The van der Waals surface area contributed by atoms with Crippen molar-refractivity contribution < 1.29 is 4.00 Å². The van der Waals surface area contributed by atoms with Gasteiger partial charge in [-0.3, -0.25) is 0 Å². The summed E-state index contributed by atoms with van der Waals surface area (Å²) in [5.41, 5.74) is 1.39. The van der Waals surface area contributed by atoms with Crippen molar-refractivity contribution in [1.82, 2.24) is 0 Å². The number of hydrogen-bond donors (Lipinski definition) is 0. The van der Waals surface area contributed by atoms with E-state index < -0.39 is 0 Å². The summed E-state index contributed by atoms with van der Waals surface area (Å²) in [6, 6.07) is 10.7. The van der Waals surface area contributed by atoms with Gasteiger partial charge in [0, 0.05) is 6.42 Å². The van der Waals surface area contributed by atoms with E-state index in [1.165, 1.54) is 69.8 Å². The number of halogens is 1. The van der Waals surface area contributed by atoms with Gasteiger partial charge in [0.1, 0.15) is 0 Å². The maximum absolute atomic E-state index is 6.63. The summed E-state index contributed by atoms with van der Waals surface area (Å²) < 4.78 is 0.631. The highest BCUT2D eigenvalue weighted by Gasteiger charge is 2.18. The van der Waals surface area contributed by atoms with Crippen molar-refractivity contribution in [2.24, 2.45) is 0 Å². The van der Waals surface area contributed by atoms with E-state index >= 15 is 0 Å². The Balaban J connectivity index is 1.97. The van der Waals surface area contributed by atoms with Gasteiger partial charge in [-0.25, -0.2) is 4.00 Å². The highest BCUT2D eigenvalue weighted by atomic mass is 35.5. The second kappa shape index (κ2) is 12.8. The predicted octanol–water partition coefficient (Wildman–Crippen LogP) is 6.75. The van der Waals surface area contributed by atoms with Crippen LogP contribution >= 0.6 is 11.8 Å². The third kappa shape index (κ3) is 11.6. The molecule has 0 aliphatic rings. The minimum atomic E-state index is 0.631. The van der Waals surface area contributed by atoms with E-state index in [1.54, 1.807) is 0 Å². The van der Waals surface area contributed by atoms with Gasteiger partial charge in [0.2, 0.25) is 0 Å². The third-order valence-corrected chi connectivity index (χ3v) is 5.03. The average molecular weight is 339 g/mol. The van der Waals surface area contributed by atoms with Gasteiger partial charge in [-0.05, 0) is 18.4 Å². The van der Waals surface area contributed by atoms with Crippen LogP contribution in [-0.4, -0.2) is 24.1 Å². The van der Waals surface area contributed by atoms with Gasteiger partial charge in [-0.15, -0.1) is 0 Å². The molecule has 1 aromatic carbocycles. The fourth-order valence-corrected chi connectivity index (χ4v) is 3.25. The third-order valence-electron chi connectivity index (χ3n) is 4.69. The maximum atomic E-state index is 6.63. The maximum Gasteiger partial charge on any atom is 0.165 e. The average Bonchev–Trinajstić information content (AvgIpc) is 2.56. The molecule has 0 saturated heterocycles. The van der Waals surface area contributed by atoms with E-state index in [2.05, 4.69) is 44.3 Å². The van der Waals surface area contributed by atoms with Gasteiger partial charge < -0.3 is 0 Å². The molecule has 1 aromatic rings. The number of likely N-dealkylation sites (N-methyl/N-ethyl adjacent to an activating group) is 1. The quantitative estimate of drug-likeness (QED) is 0.260. The molecule has 0 fully saturated rings. The van der Waals surface area contributed by atoms with Crippen molar-refractivity contribution in [3.05, 3.63) is 35.9 Å². The molecule has 0 bridgehead atoms. The fraction of sp³-hybridized carbons (Fsp3) is 0.714. The minimum absolute atomic E-state index is 0.631. The number of unbranched alkanes of at least 4 members (excludes halogenated alkanes) is 9. The first kappa shape index (κ1) is 20.5.